The van der Waals surface area contributed by atoms with Crippen LogP contribution in [0.1, 0.15) is 24.1 Å². The van der Waals surface area contributed by atoms with Gasteiger partial charge in [0.25, 0.3) is 0 Å². The summed E-state index contributed by atoms with van der Waals surface area (Å²) < 4.78 is 1.26. The van der Waals surface area contributed by atoms with Crippen molar-refractivity contribution in [3.05, 3.63) is 35.2 Å². The first kappa shape index (κ1) is 13.0. The highest BCUT2D eigenvalue weighted by Gasteiger charge is 2.28. The number of thiophene rings is 1. The van der Waals surface area contributed by atoms with Crippen LogP contribution in [0.3, 0.4) is 0 Å². The van der Waals surface area contributed by atoms with Gasteiger partial charge in [-0.25, -0.2) is 0 Å². The minimum atomic E-state index is 0. The summed E-state index contributed by atoms with van der Waals surface area (Å²) in [6.45, 7) is 0. The number of benzene rings is 1. The number of aromatic hydroxyl groups is 1. The topological polar surface area (TPSA) is 32.3 Å². The lowest BCUT2D eigenvalue weighted by Crippen LogP contribution is -2.31. The monoisotopic (exact) mass is 293 g/mol. The molecule has 0 radical (unpaired) electrons. The van der Waals surface area contributed by atoms with Gasteiger partial charge in [-0.2, -0.15) is 0 Å². The van der Waals surface area contributed by atoms with Gasteiger partial charge >= 0.3 is 0 Å². The van der Waals surface area contributed by atoms with Gasteiger partial charge in [-0.1, -0.05) is 6.08 Å². The molecule has 2 atom stereocenters. The molecule has 2 unspecified atom stereocenters. The van der Waals surface area contributed by atoms with E-state index in [1.807, 2.05) is 23.5 Å². The number of phenols is 1. The van der Waals surface area contributed by atoms with Crippen LogP contribution in [0.5, 0.6) is 5.75 Å². The van der Waals surface area contributed by atoms with Gasteiger partial charge in [-0.3, -0.25) is 0 Å². The van der Waals surface area contributed by atoms with E-state index in [1.54, 1.807) is 6.07 Å². The smallest absolute Gasteiger partial charge is 0.116 e. The summed E-state index contributed by atoms with van der Waals surface area (Å²) in [5, 5.41) is 14.3. The molecule has 1 aromatic carbocycles. The maximum Gasteiger partial charge on any atom is 0.116 e. The highest BCUT2D eigenvalue weighted by atomic mass is 35.5. The quantitative estimate of drug-likeness (QED) is 0.835. The number of phenolic OH excluding ortho intramolecular Hbond substituents is 1. The number of hydrogen-bond acceptors (Lipinski definition) is 3. The first-order valence-electron chi connectivity index (χ1n) is 6.47. The third kappa shape index (κ3) is 2.27. The molecule has 3 heterocycles. The maximum atomic E-state index is 9.52. The standard InChI is InChI=1S/C15H15NOS.ClH/c17-13-3-4-14-10(7-13)8-15(18-14)9-5-11-1-2-12(6-9)16-11;/h3-5,7-8,11-12,16-17H,1-2,6H2;1H. The molecule has 2 aliphatic rings. The van der Waals surface area contributed by atoms with Gasteiger partial charge in [-0.15, -0.1) is 23.7 Å². The summed E-state index contributed by atoms with van der Waals surface area (Å²) in [6, 6.07) is 9.10. The minimum Gasteiger partial charge on any atom is -0.508 e. The Balaban J connectivity index is 0.00000110. The van der Waals surface area contributed by atoms with Crippen molar-refractivity contribution in [3.63, 3.8) is 0 Å². The van der Waals surface area contributed by atoms with E-state index in [2.05, 4.69) is 17.5 Å². The van der Waals surface area contributed by atoms with E-state index in [9.17, 15) is 5.11 Å². The zero-order valence-electron chi connectivity index (χ0n) is 10.4. The van der Waals surface area contributed by atoms with Crippen molar-refractivity contribution in [2.24, 2.45) is 0 Å². The third-order valence-electron chi connectivity index (χ3n) is 3.96. The summed E-state index contributed by atoms with van der Waals surface area (Å²) in [4.78, 5) is 1.37. The number of halogens is 1. The molecule has 4 rings (SSSR count). The summed E-state index contributed by atoms with van der Waals surface area (Å²) >= 11 is 1.84. The Morgan fingerprint density at radius 3 is 2.95 bits per heavy atom. The molecule has 0 amide bonds. The molecule has 1 fully saturated rings. The largest absolute Gasteiger partial charge is 0.508 e. The molecule has 1 saturated heterocycles. The fourth-order valence-electron chi connectivity index (χ4n) is 3.09. The second kappa shape index (κ2) is 4.82. The van der Waals surface area contributed by atoms with Crippen LogP contribution in [0.25, 0.3) is 15.7 Å². The van der Waals surface area contributed by atoms with E-state index in [0.717, 1.165) is 11.8 Å². The Morgan fingerprint density at radius 2 is 2.11 bits per heavy atom. The van der Waals surface area contributed by atoms with Crippen molar-refractivity contribution in [2.75, 3.05) is 0 Å². The Labute approximate surface area is 122 Å². The van der Waals surface area contributed by atoms with Gasteiger partial charge in [0.05, 0.1) is 0 Å². The van der Waals surface area contributed by atoms with E-state index >= 15 is 0 Å². The van der Waals surface area contributed by atoms with E-state index < -0.39 is 0 Å². The summed E-state index contributed by atoms with van der Waals surface area (Å²) in [7, 11) is 0. The lowest BCUT2D eigenvalue weighted by Gasteiger charge is -2.20. The van der Waals surface area contributed by atoms with E-state index in [0.29, 0.717) is 17.8 Å². The predicted octanol–water partition coefficient (Wildman–Crippen LogP) is 3.94. The fourth-order valence-corrected chi connectivity index (χ4v) is 4.17. The average Bonchev–Trinajstić information content (AvgIpc) is 2.92. The highest BCUT2D eigenvalue weighted by Crippen LogP contribution is 2.38. The van der Waals surface area contributed by atoms with Gasteiger partial charge in [0.2, 0.25) is 0 Å². The van der Waals surface area contributed by atoms with Gasteiger partial charge < -0.3 is 10.4 Å². The molecule has 0 saturated carbocycles. The normalized spacial score (nSPS) is 25.2. The molecular weight excluding hydrogens is 278 g/mol. The first-order chi connectivity index (χ1) is 8.78. The van der Waals surface area contributed by atoms with Gasteiger partial charge in [-0.05, 0) is 54.5 Å². The van der Waals surface area contributed by atoms with Crippen LogP contribution in [0.2, 0.25) is 0 Å². The first-order valence-corrected chi connectivity index (χ1v) is 7.29. The number of fused-ring (bicyclic) bond motifs is 3. The zero-order chi connectivity index (χ0) is 12.1. The van der Waals surface area contributed by atoms with Gasteiger partial charge in [0.1, 0.15) is 5.75 Å². The molecule has 2 aliphatic heterocycles. The van der Waals surface area contributed by atoms with Gasteiger partial charge in [0.15, 0.2) is 0 Å². The highest BCUT2D eigenvalue weighted by molar-refractivity contribution is 7.20. The number of hydrogen-bond donors (Lipinski definition) is 2. The second-order valence-electron chi connectivity index (χ2n) is 5.28. The van der Waals surface area contributed by atoms with Crippen LogP contribution in [-0.4, -0.2) is 17.2 Å². The molecule has 0 spiro atoms. The fraction of sp³-hybridized carbons (Fsp3) is 0.333. The van der Waals surface area contributed by atoms with Crippen molar-refractivity contribution in [1.82, 2.24) is 5.32 Å². The van der Waals surface area contributed by atoms with E-state index in [1.165, 1.54) is 28.0 Å². The Morgan fingerprint density at radius 1 is 1.21 bits per heavy atom. The summed E-state index contributed by atoms with van der Waals surface area (Å²) in [5.74, 6) is 0.353. The molecule has 2 nitrogen and oxygen atoms in total. The molecule has 2 aromatic rings. The van der Waals surface area contributed by atoms with Crippen LogP contribution >= 0.6 is 23.7 Å². The van der Waals surface area contributed by atoms with Crippen molar-refractivity contribution in [3.8, 4) is 5.75 Å². The lowest BCUT2D eigenvalue weighted by atomic mass is 10.0. The van der Waals surface area contributed by atoms with Gasteiger partial charge in [0, 0.05) is 21.7 Å². The van der Waals surface area contributed by atoms with Crippen LogP contribution in [-0.2, 0) is 0 Å². The average molecular weight is 294 g/mol. The van der Waals surface area contributed by atoms with E-state index in [-0.39, 0.29) is 12.4 Å². The molecule has 4 heteroatoms. The van der Waals surface area contributed by atoms with Crippen LogP contribution in [0, 0.1) is 0 Å². The lowest BCUT2D eigenvalue weighted by molar-refractivity contribution is 0.476. The van der Waals surface area contributed by atoms with Crippen molar-refractivity contribution in [2.45, 2.75) is 31.3 Å². The maximum absolute atomic E-state index is 9.52. The molecule has 2 N–H and O–H groups in total. The Hall–Kier alpha value is -1.03. The van der Waals surface area contributed by atoms with Crippen molar-refractivity contribution < 1.29 is 5.11 Å². The molecule has 0 aliphatic carbocycles. The van der Waals surface area contributed by atoms with Crippen LogP contribution < -0.4 is 5.32 Å². The third-order valence-corrected chi connectivity index (χ3v) is 5.15. The number of nitrogens with one attached hydrogen (secondary N) is 1. The molecule has 2 bridgehead atoms. The Bertz CT molecular complexity index is 649. The molecular formula is C15H16ClNOS. The van der Waals surface area contributed by atoms with Crippen molar-refractivity contribution >= 4 is 39.4 Å². The van der Waals surface area contributed by atoms with Crippen molar-refractivity contribution in [1.29, 1.82) is 0 Å². The zero-order valence-corrected chi connectivity index (χ0v) is 12.1. The van der Waals surface area contributed by atoms with Crippen LogP contribution in [0.15, 0.2) is 30.3 Å². The predicted molar refractivity (Wildman–Crippen MR) is 83.3 cm³/mol. The SMILES string of the molecule is Cl.Oc1ccc2sc(C3=CC4CCC(C3)N4)cc2c1. The summed E-state index contributed by atoms with van der Waals surface area (Å²) in [6.07, 6.45) is 6.12. The minimum absolute atomic E-state index is 0. The summed E-state index contributed by atoms with van der Waals surface area (Å²) in [5.41, 5.74) is 1.49. The van der Waals surface area contributed by atoms with E-state index in [4.69, 9.17) is 0 Å². The molecule has 19 heavy (non-hydrogen) atoms. The van der Waals surface area contributed by atoms with Crippen LogP contribution in [0.4, 0.5) is 0 Å². The second-order valence-corrected chi connectivity index (χ2v) is 6.36. The molecule has 1 aromatic heterocycles. The Kier molecular flexibility index (Phi) is 3.29. The molecule has 100 valence electrons. The number of rotatable bonds is 1.